The Kier molecular flexibility index (Phi) is 6.51. The number of nitrogens with zero attached hydrogens (tertiary/aromatic N) is 1. The maximum atomic E-state index is 13.2. The number of ether oxygens (including phenoxy) is 2. The van der Waals surface area contributed by atoms with Crippen LogP contribution in [0.5, 0.6) is 11.5 Å². The Labute approximate surface area is 210 Å². The van der Waals surface area contributed by atoms with E-state index < -0.39 is 11.0 Å². The molecule has 0 bridgehead atoms. The number of carbonyl (C=O) groups is 1. The van der Waals surface area contributed by atoms with Crippen LogP contribution >= 0.6 is 0 Å². The second-order valence-corrected chi connectivity index (χ2v) is 9.70. The highest BCUT2D eigenvalue weighted by Gasteiger charge is 2.28. The molecule has 4 aromatic rings. The number of furan rings is 1. The molecule has 7 nitrogen and oxygen atoms in total. The number of hydrogen-bond acceptors (Lipinski definition) is 5. The van der Waals surface area contributed by atoms with Crippen LogP contribution in [0.2, 0.25) is 0 Å². The highest BCUT2D eigenvalue weighted by atomic mass is 32.2. The highest BCUT2D eigenvalue weighted by molar-refractivity contribution is 7.85. The van der Waals surface area contributed by atoms with E-state index >= 15 is 0 Å². The monoisotopic (exact) mass is 508 g/mol. The summed E-state index contributed by atoms with van der Waals surface area (Å²) in [5, 5.41) is 3.35. The number of carbonyl (C=O) groups excluding carboxylic acids is 1. The van der Waals surface area contributed by atoms with Crippen LogP contribution in [0.3, 0.4) is 0 Å². The Hall–Kier alpha value is -3.69. The Morgan fingerprint density at radius 1 is 1.11 bits per heavy atom. The van der Waals surface area contributed by atoms with Gasteiger partial charge in [0.15, 0.2) is 0 Å². The average Bonchev–Trinajstić information content (AvgIpc) is 3.16. The van der Waals surface area contributed by atoms with Gasteiger partial charge in [0.25, 0.3) is 5.91 Å². The molecule has 5 rings (SSSR count). The lowest BCUT2D eigenvalue weighted by Crippen LogP contribution is -2.27. The van der Waals surface area contributed by atoms with Crippen LogP contribution in [0, 0.1) is 5.82 Å². The van der Waals surface area contributed by atoms with Gasteiger partial charge in [-0.2, -0.15) is 0 Å². The number of halogens is 1. The Bertz CT molecular complexity index is 1450. The van der Waals surface area contributed by atoms with Crippen molar-refractivity contribution >= 4 is 33.5 Å². The fraction of sp³-hybridized carbons (Fsp3) is 0.222. The fourth-order valence-corrected chi connectivity index (χ4v) is 5.11. The first-order chi connectivity index (χ1) is 17.4. The highest BCUT2D eigenvalue weighted by Crippen LogP contribution is 2.41. The van der Waals surface area contributed by atoms with Crippen LogP contribution in [-0.2, 0) is 15.7 Å². The molecular weight excluding hydrogens is 483 g/mol. The minimum Gasteiger partial charge on any atom is -0.457 e. The lowest BCUT2D eigenvalue weighted by Gasteiger charge is -2.21. The van der Waals surface area contributed by atoms with Crippen molar-refractivity contribution in [3.05, 3.63) is 77.6 Å². The smallest absolute Gasteiger partial charge is 0.255 e. The summed E-state index contributed by atoms with van der Waals surface area (Å²) in [7, 11) is 0.321. The summed E-state index contributed by atoms with van der Waals surface area (Å²) in [4.78, 5) is 13.0. The number of rotatable bonds is 5. The van der Waals surface area contributed by atoms with Gasteiger partial charge in [0.05, 0.1) is 30.5 Å². The van der Waals surface area contributed by atoms with Gasteiger partial charge in [-0.1, -0.05) is 0 Å². The van der Waals surface area contributed by atoms with Crippen LogP contribution in [0.25, 0.3) is 22.3 Å². The maximum absolute atomic E-state index is 13.2. The van der Waals surface area contributed by atoms with Crippen LogP contribution in [0.4, 0.5) is 10.1 Å². The summed E-state index contributed by atoms with van der Waals surface area (Å²) >= 11 is 0. The molecule has 1 amide bonds. The summed E-state index contributed by atoms with van der Waals surface area (Å²) in [6.07, 6.45) is 1.39. The van der Waals surface area contributed by atoms with Gasteiger partial charge < -0.3 is 19.2 Å². The quantitative estimate of drug-likeness (QED) is 0.381. The van der Waals surface area contributed by atoms with Gasteiger partial charge in [-0.15, -0.1) is 0 Å². The molecule has 1 aliphatic heterocycles. The minimum atomic E-state index is -1.25. The van der Waals surface area contributed by atoms with Gasteiger partial charge in [0, 0.05) is 35.9 Å². The standard InChI is InChI=1S/C27H25FN2O5S/c1-16-21-14-22-24(15-23(21)30(36(3)32)12-13-33-16)35-26(25(22)27(31)29-2)17-4-8-19(9-5-17)34-20-10-6-18(28)7-11-20/h4-11,14-16H,12-13H2,1-3H3,(H,29,31). The Morgan fingerprint density at radius 2 is 1.78 bits per heavy atom. The van der Waals surface area contributed by atoms with E-state index in [1.165, 1.54) is 12.1 Å². The summed E-state index contributed by atoms with van der Waals surface area (Å²) in [6, 6.07) is 16.6. The predicted molar refractivity (Wildman–Crippen MR) is 137 cm³/mol. The molecule has 1 aliphatic rings. The van der Waals surface area contributed by atoms with Crippen LogP contribution in [0.15, 0.2) is 65.1 Å². The second-order valence-electron chi connectivity index (χ2n) is 8.41. The minimum absolute atomic E-state index is 0.239. The molecule has 0 saturated carbocycles. The van der Waals surface area contributed by atoms with Crippen molar-refractivity contribution in [1.82, 2.24) is 5.32 Å². The lowest BCUT2D eigenvalue weighted by atomic mass is 10.0. The topological polar surface area (TPSA) is 81.0 Å². The molecular formula is C27H25FN2O5S. The van der Waals surface area contributed by atoms with Crippen molar-refractivity contribution in [3.63, 3.8) is 0 Å². The number of amides is 1. The van der Waals surface area contributed by atoms with Crippen LogP contribution < -0.4 is 14.4 Å². The molecule has 0 spiro atoms. The van der Waals surface area contributed by atoms with Crippen molar-refractivity contribution in [2.45, 2.75) is 13.0 Å². The third-order valence-corrected chi connectivity index (χ3v) is 7.14. The SMILES string of the molecule is CNC(=O)c1c(-c2ccc(Oc3ccc(F)cc3)cc2)oc2cc3c(cc12)C(C)OCCN3S(C)=O. The largest absolute Gasteiger partial charge is 0.457 e. The summed E-state index contributed by atoms with van der Waals surface area (Å²) in [6.45, 7) is 2.86. The van der Waals surface area contributed by atoms with Crippen molar-refractivity contribution in [1.29, 1.82) is 0 Å². The molecule has 186 valence electrons. The summed E-state index contributed by atoms with van der Waals surface area (Å²) in [5.74, 6) is 0.858. The summed E-state index contributed by atoms with van der Waals surface area (Å²) in [5.41, 5.74) is 3.21. The van der Waals surface area contributed by atoms with Crippen molar-refractivity contribution in [2.24, 2.45) is 0 Å². The Balaban J connectivity index is 1.59. The van der Waals surface area contributed by atoms with Crippen molar-refractivity contribution in [3.8, 4) is 22.8 Å². The first-order valence-electron chi connectivity index (χ1n) is 11.4. The van der Waals surface area contributed by atoms with E-state index in [0.29, 0.717) is 52.5 Å². The average molecular weight is 509 g/mol. The molecule has 0 saturated heterocycles. The predicted octanol–water partition coefficient (Wildman–Crippen LogP) is 5.58. The lowest BCUT2D eigenvalue weighted by molar-refractivity contribution is 0.0770. The van der Waals surface area contributed by atoms with E-state index in [2.05, 4.69) is 5.32 Å². The van der Waals surface area contributed by atoms with E-state index in [9.17, 15) is 13.4 Å². The molecule has 0 fully saturated rings. The van der Waals surface area contributed by atoms with E-state index in [4.69, 9.17) is 13.9 Å². The van der Waals surface area contributed by atoms with Gasteiger partial charge in [-0.3, -0.25) is 9.10 Å². The van der Waals surface area contributed by atoms with Gasteiger partial charge in [-0.25, -0.2) is 8.60 Å². The van der Waals surface area contributed by atoms with E-state index in [1.54, 1.807) is 54.0 Å². The number of fused-ring (bicyclic) bond motifs is 2. The van der Waals surface area contributed by atoms with Gasteiger partial charge in [0.1, 0.15) is 39.6 Å². The third kappa shape index (κ3) is 4.47. The zero-order chi connectivity index (χ0) is 25.4. The molecule has 2 unspecified atom stereocenters. The van der Waals surface area contributed by atoms with E-state index in [0.717, 1.165) is 11.3 Å². The molecule has 0 radical (unpaired) electrons. The van der Waals surface area contributed by atoms with Crippen LogP contribution in [-0.4, -0.2) is 36.6 Å². The first kappa shape index (κ1) is 24.0. The molecule has 2 atom stereocenters. The maximum Gasteiger partial charge on any atom is 0.255 e. The number of anilines is 1. The zero-order valence-electron chi connectivity index (χ0n) is 20.0. The second kappa shape index (κ2) is 9.75. The summed E-state index contributed by atoms with van der Waals surface area (Å²) < 4.78 is 45.3. The van der Waals surface area contributed by atoms with Gasteiger partial charge in [0.2, 0.25) is 0 Å². The number of hydrogen-bond donors (Lipinski definition) is 1. The molecule has 1 N–H and O–H groups in total. The number of nitrogens with one attached hydrogen (secondary N) is 1. The molecule has 2 heterocycles. The Morgan fingerprint density at radius 3 is 2.42 bits per heavy atom. The first-order valence-corrected chi connectivity index (χ1v) is 13.0. The molecule has 36 heavy (non-hydrogen) atoms. The third-order valence-electron chi connectivity index (χ3n) is 6.14. The molecule has 1 aromatic heterocycles. The van der Waals surface area contributed by atoms with Crippen molar-refractivity contribution in [2.75, 3.05) is 30.8 Å². The van der Waals surface area contributed by atoms with Crippen molar-refractivity contribution < 1.29 is 27.3 Å². The van der Waals surface area contributed by atoms with Gasteiger partial charge >= 0.3 is 0 Å². The van der Waals surface area contributed by atoms with Gasteiger partial charge in [-0.05, 0) is 61.5 Å². The van der Waals surface area contributed by atoms with Crippen LogP contribution in [0.1, 0.15) is 28.9 Å². The van der Waals surface area contributed by atoms with E-state index in [1.807, 2.05) is 19.1 Å². The molecule has 0 aliphatic carbocycles. The molecule has 3 aromatic carbocycles. The number of benzene rings is 3. The fourth-order valence-electron chi connectivity index (χ4n) is 4.35. The normalized spacial score (nSPS) is 16.3. The molecule has 9 heteroatoms. The zero-order valence-corrected chi connectivity index (χ0v) is 20.9. The van der Waals surface area contributed by atoms with E-state index in [-0.39, 0.29) is 17.8 Å².